The van der Waals surface area contributed by atoms with Gasteiger partial charge in [-0.2, -0.15) is 0 Å². The fourth-order valence-corrected chi connectivity index (χ4v) is 1.84. The van der Waals surface area contributed by atoms with Gasteiger partial charge in [0.1, 0.15) is 5.75 Å². The number of carbonyl (C=O) groups is 1. The number of rotatable bonds is 4. The summed E-state index contributed by atoms with van der Waals surface area (Å²) < 4.78 is 0. The Morgan fingerprint density at radius 2 is 2.12 bits per heavy atom. The standard InChI is InChI=1S/C13H18ClNO2/c1-4-7-15(9(2)3)13(17)11-6-5-10(14)8-12(11)16/h5-6,8-9,16H,4,7H2,1-3H3. The Kier molecular flexibility index (Phi) is 4.82. The van der Waals surface area contributed by atoms with Crippen LogP contribution >= 0.6 is 11.6 Å². The van der Waals surface area contributed by atoms with Crippen LogP contribution in [0.2, 0.25) is 5.02 Å². The number of benzene rings is 1. The number of phenols is 1. The maximum atomic E-state index is 12.2. The van der Waals surface area contributed by atoms with Crippen LogP contribution in [0.5, 0.6) is 5.75 Å². The lowest BCUT2D eigenvalue weighted by molar-refractivity contribution is 0.0703. The van der Waals surface area contributed by atoms with Crippen LogP contribution in [0, 0.1) is 0 Å². The van der Waals surface area contributed by atoms with Gasteiger partial charge < -0.3 is 10.0 Å². The summed E-state index contributed by atoms with van der Waals surface area (Å²) in [4.78, 5) is 14.0. The zero-order chi connectivity index (χ0) is 13.0. The second-order valence-electron chi connectivity index (χ2n) is 4.25. The SMILES string of the molecule is CCCN(C(=O)c1ccc(Cl)cc1O)C(C)C. The molecule has 94 valence electrons. The van der Waals surface area contributed by atoms with Crippen molar-refractivity contribution >= 4 is 17.5 Å². The predicted octanol–water partition coefficient (Wildman–Crippen LogP) is 3.31. The number of phenolic OH excluding ortho intramolecular Hbond substituents is 1. The van der Waals surface area contributed by atoms with Crippen LogP contribution in [0.3, 0.4) is 0 Å². The van der Waals surface area contributed by atoms with Gasteiger partial charge in [0.25, 0.3) is 5.91 Å². The van der Waals surface area contributed by atoms with E-state index in [1.54, 1.807) is 17.0 Å². The molecule has 0 saturated carbocycles. The Morgan fingerprint density at radius 1 is 1.47 bits per heavy atom. The van der Waals surface area contributed by atoms with Crippen molar-refractivity contribution in [1.82, 2.24) is 4.90 Å². The van der Waals surface area contributed by atoms with Crippen molar-refractivity contribution in [2.24, 2.45) is 0 Å². The second-order valence-corrected chi connectivity index (χ2v) is 4.69. The molecule has 0 heterocycles. The largest absolute Gasteiger partial charge is 0.507 e. The molecule has 0 unspecified atom stereocenters. The number of carbonyl (C=O) groups excluding carboxylic acids is 1. The second kappa shape index (κ2) is 5.92. The maximum Gasteiger partial charge on any atom is 0.257 e. The third kappa shape index (κ3) is 3.37. The van der Waals surface area contributed by atoms with E-state index in [0.717, 1.165) is 6.42 Å². The van der Waals surface area contributed by atoms with E-state index in [1.807, 2.05) is 20.8 Å². The Morgan fingerprint density at radius 3 is 2.59 bits per heavy atom. The van der Waals surface area contributed by atoms with E-state index in [1.165, 1.54) is 6.07 Å². The normalized spacial score (nSPS) is 10.6. The zero-order valence-corrected chi connectivity index (χ0v) is 11.2. The highest BCUT2D eigenvalue weighted by atomic mass is 35.5. The van der Waals surface area contributed by atoms with E-state index >= 15 is 0 Å². The summed E-state index contributed by atoms with van der Waals surface area (Å²) in [5, 5.41) is 10.2. The molecule has 3 nitrogen and oxygen atoms in total. The molecule has 0 spiro atoms. The summed E-state index contributed by atoms with van der Waals surface area (Å²) >= 11 is 5.74. The van der Waals surface area contributed by atoms with E-state index in [4.69, 9.17) is 11.6 Å². The highest BCUT2D eigenvalue weighted by Crippen LogP contribution is 2.23. The molecule has 0 atom stereocenters. The van der Waals surface area contributed by atoms with E-state index < -0.39 is 0 Å². The summed E-state index contributed by atoms with van der Waals surface area (Å²) in [5.41, 5.74) is 0.302. The molecule has 1 aromatic rings. The van der Waals surface area contributed by atoms with Crippen LogP contribution in [0.25, 0.3) is 0 Å². The molecule has 0 aliphatic rings. The summed E-state index contributed by atoms with van der Waals surface area (Å²) in [5.74, 6) is -0.222. The Balaban J connectivity index is 3.01. The van der Waals surface area contributed by atoms with Gasteiger partial charge >= 0.3 is 0 Å². The first-order chi connectivity index (χ1) is 7.97. The number of amides is 1. The molecule has 17 heavy (non-hydrogen) atoms. The van der Waals surface area contributed by atoms with Crippen LogP contribution in [-0.2, 0) is 0 Å². The maximum absolute atomic E-state index is 12.2. The minimum absolute atomic E-state index is 0.0655. The molecule has 1 aromatic carbocycles. The monoisotopic (exact) mass is 255 g/mol. The minimum Gasteiger partial charge on any atom is -0.507 e. The smallest absolute Gasteiger partial charge is 0.257 e. The number of nitrogens with zero attached hydrogens (tertiary/aromatic N) is 1. The van der Waals surface area contributed by atoms with Crippen molar-refractivity contribution in [2.45, 2.75) is 33.2 Å². The Bertz CT molecular complexity index is 404. The third-order valence-electron chi connectivity index (χ3n) is 2.54. The summed E-state index contributed by atoms with van der Waals surface area (Å²) in [6.45, 7) is 6.62. The molecule has 0 aromatic heterocycles. The molecule has 0 aliphatic heterocycles. The van der Waals surface area contributed by atoms with Crippen molar-refractivity contribution < 1.29 is 9.90 Å². The van der Waals surface area contributed by atoms with Gasteiger partial charge in [0.05, 0.1) is 5.56 Å². The number of hydrogen-bond acceptors (Lipinski definition) is 2. The minimum atomic E-state index is -0.156. The van der Waals surface area contributed by atoms with Crippen molar-refractivity contribution in [3.63, 3.8) is 0 Å². The van der Waals surface area contributed by atoms with E-state index in [-0.39, 0.29) is 17.7 Å². The van der Waals surface area contributed by atoms with Crippen molar-refractivity contribution in [3.8, 4) is 5.75 Å². The fourth-order valence-electron chi connectivity index (χ4n) is 1.68. The van der Waals surface area contributed by atoms with E-state index in [0.29, 0.717) is 17.1 Å². The predicted molar refractivity (Wildman–Crippen MR) is 69.6 cm³/mol. The third-order valence-corrected chi connectivity index (χ3v) is 2.77. The van der Waals surface area contributed by atoms with Gasteiger partial charge in [0.15, 0.2) is 0 Å². The topological polar surface area (TPSA) is 40.5 Å². The van der Waals surface area contributed by atoms with Crippen molar-refractivity contribution in [2.75, 3.05) is 6.54 Å². The molecule has 0 bridgehead atoms. The fraction of sp³-hybridized carbons (Fsp3) is 0.462. The van der Waals surface area contributed by atoms with E-state index in [9.17, 15) is 9.90 Å². The van der Waals surface area contributed by atoms with Gasteiger partial charge in [-0.1, -0.05) is 18.5 Å². The molecule has 0 radical (unpaired) electrons. The average Bonchev–Trinajstić information content (AvgIpc) is 2.24. The van der Waals surface area contributed by atoms with Crippen molar-refractivity contribution in [3.05, 3.63) is 28.8 Å². The van der Waals surface area contributed by atoms with Gasteiger partial charge in [-0.3, -0.25) is 4.79 Å². The number of halogens is 1. The highest BCUT2D eigenvalue weighted by molar-refractivity contribution is 6.30. The average molecular weight is 256 g/mol. The molecular weight excluding hydrogens is 238 g/mol. The van der Waals surface area contributed by atoms with Gasteiger partial charge in [0.2, 0.25) is 0 Å². The lowest BCUT2D eigenvalue weighted by atomic mass is 10.1. The first-order valence-electron chi connectivity index (χ1n) is 5.76. The Labute approximate surface area is 107 Å². The van der Waals surface area contributed by atoms with Crippen LogP contribution in [0.15, 0.2) is 18.2 Å². The zero-order valence-electron chi connectivity index (χ0n) is 10.4. The molecule has 1 amide bonds. The van der Waals surface area contributed by atoms with Gasteiger partial charge in [-0.15, -0.1) is 0 Å². The summed E-state index contributed by atoms with van der Waals surface area (Å²) in [6.07, 6.45) is 0.887. The lowest BCUT2D eigenvalue weighted by Crippen LogP contribution is -2.37. The molecule has 1 rings (SSSR count). The summed E-state index contributed by atoms with van der Waals surface area (Å²) in [6, 6.07) is 4.67. The van der Waals surface area contributed by atoms with Gasteiger partial charge in [-0.05, 0) is 38.5 Å². The quantitative estimate of drug-likeness (QED) is 0.897. The van der Waals surface area contributed by atoms with Crippen molar-refractivity contribution in [1.29, 1.82) is 0 Å². The highest BCUT2D eigenvalue weighted by Gasteiger charge is 2.20. The first kappa shape index (κ1) is 13.8. The summed E-state index contributed by atoms with van der Waals surface area (Å²) in [7, 11) is 0. The van der Waals surface area contributed by atoms with Gasteiger partial charge in [-0.25, -0.2) is 0 Å². The van der Waals surface area contributed by atoms with Gasteiger partial charge in [0, 0.05) is 17.6 Å². The first-order valence-corrected chi connectivity index (χ1v) is 6.14. The lowest BCUT2D eigenvalue weighted by Gasteiger charge is -2.26. The molecule has 4 heteroatoms. The molecular formula is C13H18ClNO2. The van der Waals surface area contributed by atoms with Crippen LogP contribution in [-0.4, -0.2) is 28.5 Å². The van der Waals surface area contributed by atoms with Crippen LogP contribution < -0.4 is 0 Å². The van der Waals surface area contributed by atoms with Crippen LogP contribution in [0.4, 0.5) is 0 Å². The van der Waals surface area contributed by atoms with E-state index in [2.05, 4.69) is 0 Å². The molecule has 0 aliphatic carbocycles. The molecule has 0 fully saturated rings. The Hall–Kier alpha value is -1.22. The van der Waals surface area contributed by atoms with Crippen LogP contribution in [0.1, 0.15) is 37.6 Å². The molecule has 0 saturated heterocycles. The number of hydrogen-bond donors (Lipinski definition) is 1. The number of aromatic hydroxyl groups is 1. The molecule has 1 N–H and O–H groups in total.